The molecule has 14 heavy (non-hydrogen) atoms. The van der Waals surface area contributed by atoms with E-state index >= 15 is 0 Å². The Kier molecular flexibility index (Phi) is 1.36. The summed E-state index contributed by atoms with van der Waals surface area (Å²) in [4.78, 5) is 14.1. The molecule has 74 valence electrons. The van der Waals surface area contributed by atoms with Crippen LogP contribution in [0.1, 0.15) is 37.4 Å². The predicted octanol–water partition coefficient (Wildman–Crippen LogP) is 2.06. The van der Waals surface area contributed by atoms with Crippen molar-refractivity contribution in [2.75, 3.05) is 0 Å². The lowest BCUT2D eigenvalue weighted by atomic mass is 9.48. The second kappa shape index (κ2) is 2.30. The first-order valence-electron chi connectivity index (χ1n) is 5.31. The van der Waals surface area contributed by atoms with Gasteiger partial charge >= 0.3 is 0 Å². The molecule has 2 heteroatoms. The maximum absolute atomic E-state index is 11.2. The minimum atomic E-state index is 0.0443. The second-order valence-electron chi connectivity index (χ2n) is 5.27. The summed E-state index contributed by atoms with van der Waals surface area (Å²) in [6, 6.07) is 3.68. The van der Waals surface area contributed by atoms with E-state index in [1.54, 1.807) is 6.07 Å². The summed E-state index contributed by atoms with van der Waals surface area (Å²) in [6.07, 6.45) is 2.38. The maximum atomic E-state index is 11.2. The van der Waals surface area contributed by atoms with Crippen molar-refractivity contribution in [3.63, 3.8) is 0 Å². The van der Waals surface area contributed by atoms with Crippen molar-refractivity contribution in [1.29, 1.82) is 0 Å². The van der Waals surface area contributed by atoms with Crippen LogP contribution >= 0.6 is 0 Å². The predicted molar refractivity (Wildman–Crippen MR) is 55.4 cm³/mol. The van der Waals surface area contributed by atoms with Gasteiger partial charge in [0.25, 0.3) is 0 Å². The van der Waals surface area contributed by atoms with Crippen LogP contribution < -0.4 is 5.56 Å². The molecule has 3 aliphatic rings. The van der Waals surface area contributed by atoms with E-state index in [1.807, 2.05) is 6.07 Å². The Bertz CT molecular complexity index is 444. The number of rotatable bonds is 0. The standard InChI is InChI=1S/C12H15NO/c1-12(2)7-5-9(12)8-3-4-11(14)13-10(8)6-7/h3-4,7,9H,5-6H2,1-2H3,(H,13,14)/t7-,9+/m0/s1. The maximum Gasteiger partial charge on any atom is 0.248 e. The summed E-state index contributed by atoms with van der Waals surface area (Å²) < 4.78 is 0. The third-order valence-electron chi connectivity index (χ3n) is 4.33. The molecule has 4 rings (SSSR count). The third-order valence-corrected chi connectivity index (χ3v) is 4.33. The first kappa shape index (κ1) is 8.27. The third kappa shape index (κ3) is 0.839. The highest BCUT2D eigenvalue weighted by molar-refractivity contribution is 5.35. The Balaban J connectivity index is 2.16. The molecule has 1 aromatic rings. The molecule has 0 aliphatic heterocycles. The van der Waals surface area contributed by atoms with E-state index in [1.165, 1.54) is 17.7 Å². The molecule has 0 amide bonds. The topological polar surface area (TPSA) is 32.9 Å². The molecule has 2 nitrogen and oxygen atoms in total. The minimum absolute atomic E-state index is 0.0443. The molecule has 2 bridgehead atoms. The average Bonchev–Trinajstić information content (AvgIpc) is 2.16. The molecular formula is C12H15NO. The minimum Gasteiger partial charge on any atom is -0.326 e. The van der Waals surface area contributed by atoms with Crippen molar-refractivity contribution in [2.24, 2.45) is 11.3 Å². The highest BCUT2D eigenvalue weighted by Gasteiger charge is 2.52. The molecule has 0 radical (unpaired) electrons. The lowest BCUT2D eigenvalue weighted by Gasteiger charge is -2.56. The second-order valence-corrected chi connectivity index (χ2v) is 5.27. The van der Waals surface area contributed by atoms with Crippen LogP contribution in [0.15, 0.2) is 16.9 Å². The number of aromatic amines is 1. The first-order valence-corrected chi connectivity index (χ1v) is 5.31. The SMILES string of the molecule is CC1(C)[C@@H]2Cc3[nH]c(=O)ccc3[C@H]1C2. The van der Waals surface area contributed by atoms with E-state index in [4.69, 9.17) is 0 Å². The smallest absolute Gasteiger partial charge is 0.248 e. The van der Waals surface area contributed by atoms with Crippen LogP contribution in [0.2, 0.25) is 0 Å². The van der Waals surface area contributed by atoms with Gasteiger partial charge in [-0.3, -0.25) is 4.79 Å². The molecule has 0 unspecified atom stereocenters. The van der Waals surface area contributed by atoms with Crippen LogP contribution in [0.25, 0.3) is 0 Å². The van der Waals surface area contributed by atoms with Crippen LogP contribution in [-0.4, -0.2) is 4.98 Å². The monoisotopic (exact) mass is 189 g/mol. The molecule has 1 saturated carbocycles. The zero-order chi connectivity index (χ0) is 9.92. The van der Waals surface area contributed by atoms with E-state index in [2.05, 4.69) is 18.8 Å². The summed E-state index contributed by atoms with van der Waals surface area (Å²) in [7, 11) is 0. The fraction of sp³-hybridized carbons (Fsp3) is 0.583. The van der Waals surface area contributed by atoms with Crippen LogP contribution in [0.5, 0.6) is 0 Å². The summed E-state index contributed by atoms with van der Waals surface area (Å²) >= 11 is 0. The van der Waals surface area contributed by atoms with Gasteiger partial charge in [0.2, 0.25) is 5.56 Å². The van der Waals surface area contributed by atoms with Crippen LogP contribution in [0, 0.1) is 11.3 Å². The molecule has 0 spiro atoms. The van der Waals surface area contributed by atoms with E-state index in [-0.39, 0.29) is 5.56 Å². The van der Waals surface area contributed by atoms with Crippen molar-refractivity contribution in [1.82, 2.24) is 4.98 Å². The van der Waals surface area contributed by atoms with Gasteiger partial charge in [0.1, 0.15) is 0 Å². The van der Waals surface area contributed by atoms with E-state index < -0.39 is 0 Å². The van der Waals surface area contributed by atoms with Gasteiger partial charge in [-0.1, -0.05) is 19.9 Å². The zero-order valence-corrected chi connectivity index (χ0v) is 8.63. The number of H-pyrrole nitrogens is 1. The fourth-order valence-electron chi connectivity index (χ4n) is 3.16. The van der Waals surface area contributed by atoms with Crippen LogP contribution in [0.3, 0.4) is 0 Å². The summed E-state index contributed by atoms with van der Waals surface area (Å²) in [6.45, 7) is 4.69. The molecule has 1 N–H and O–H groups in total. The van der Waals surface area contributed by atoms with Crippen molar-refractivity contribution in [2.45, 2.75) is 32.6 Å². The highest BCUT2D eigenvalue weighted by atomic mass is 16.1. The van der Waals surface area contributed by atoms with Gasteiger partial charge in [-0.25, -0.2) is 0 Å². The molecule has 0 aromatic carbocycles. The van der Waals surface area contributed by atoms with Crippen LogP contribution in [-0.2, 0) is 6.42 Å². The molecule has 0 saturated heterocycles. The van der Waals surface area contributed by atoms with Gasteiger partial charge in [-0.15, -0.1) is 0 Å². The van der Waals surface area contributed by atoms with Gasteiger partial charge in [0.05, 0.1) is 0 Å². The van der Waals surface area contributed by atoms with Crippen LogP contribution in [0.4, 0.5) is 0 Å². The summed E-state index contributed by atoms with van der Waals surface area (Å²) in [5.74, 6) is 1.45. The summed E-state index contributed by atoms with van der Waals surface area (Å²) in [5, 5.41) is 0. The number of hydrogen-bond acceptors (Lipinski definition) is 1. The Labute approximate surface area is 83.4 Å². The fourth-order valence-corrected chi connectivity index (χ4v) is 3.16. The Morgan fingerprint density at radius 1 is 1.43 bits per heavy atom. The van der Waals surface area contributed by atoms with E-state index in [0.29, 0.717) is 11.3 Å². The summed E-state index contributed by atoms with van der Waals surface area (Å²) in [5.41, 5.74) is 3.07. The lowest BCUT2D eigenvalue weighted by Crippen LogP contribution is -2.48. The van der Waals surface area contributed by atoms with Crippen molar-refractivity contribution >= 4 is 0 Å². The number of hydrogen-bond donors (Lipinski definition) is 1. The molecule has 3 aliphatic carbocycles. The van der Waals surface area contributed by atoms with Crippen molar-refractivity contribution < 1.29 is 0 Å². The Hall–Kier alpha value is -1.05. The highest BCUT2D eigenvalue weighted by Crippen LogP contribution is 2.61. The van der Waals surface area contributed by atoms with Gasteiger partial charge in [-0.2, -0.15) is 0 Å². The number of nitrogens with one attached hydrogen (secondary N) is 1. The molecule has 1 fully saturated rings. The molecular weight excluding hydrogens is 174 g/mol. The molecule has 2 atom stereocenters. The van der Waals surface area contributed by atoms with Crippen molar-refractivity contribution in [3.05, 3.63) is 33.7 Å². The van der Waals surface area contributed by atoms with Gasteiger partial charge in [-0.05, 0) is 35.7 Å². The lowest BCUT2D eigenvalue weighted by molar-refractivity contribution is 0.0168. The van der Waals surface area contributed by atoms with Gasteiger partial charge in [0.15, 0.2) is 0 Å². The Morgan fingerprint density at radius 2 is 2.21 bits per heavy atom. The van der Waals surface area contributed by atoms with Crippen molar-refractivity contribution in [3.8, 4) is 0 Å². The molecule has 1 heterocycles. The normalized spacial score (nSPS) is 31.9. The largest absolute Gasteiger partial charge is 0.326 e. The number of pyridine rings is 1. The van der Waals surface area contributed by atoms with Gasteiger partial charge in [0, 0.05) is 11.8 Å². The quantitative estimate of drug-likeness (QED) is 0.665. The molecule has 1 aromatic heterocycles. The van der Waals surface area contributed by atoms with Gasteiger partial charge < -0.3 is 4.98 Å². The number of aromatic nitrogens is 1. The van der Waals surface area contributed by atoms with E-state index in [0.717, 1.165) is 12.3 Å². The average molecular weight is 189 g/mol. The van der Waals surface area contributed by atoms with E-state index in [9.17, 15) is 4.79 Å². The first-order chi connectivity index (χ1) is 6.59. The zero-order valence-electron chi connectivity index (χ0n) is 8.63. The Morgan fingerprint density at radius 3 is 2.93 bits per heavy atom.